The highest BCUT2D eigenvalue weighted by atomic mass is 16.2. The molecule has 1 amide bonds. The predicted molar refractivity (Wildman–Crippen MR) is 74.5 cm³/mol. The maximum Gasteiger partial charge on any atom is 0.244 e. The third kappa shape index (κ3) is 2.80. The van der Waals surface area contributed by atoms with Crippen LogP contribution in [0.1, 0.15) is 24.4 Å². The van der Waals surface area contributed by atoms with Crippen LogP contribution >= 0.6 is 0 Å². The SMILES string of the molecule is NC(C(=O)N1CCN(C2CC2)CC1)c1ccccc1. The highest BCUT2D eigenvalue weighted by Gasteiger charge is 2.33. The van der Waals surface area contributed by atoms with Crippen molar-refractivity contribution in [3.63, 3.8) is 0 Å². The molecule has 1 aliphatic carbocycles. The van der Waals surface area contributed by atoms with E-state index in [1.807, 2.05) is 35.2 Å². The molecule has 0 spiro atoms. The van der Waals surface area contributed by atoms with Crippen molar-refractivity contribution in [1.29, 1.82) is 0 Å². The minimum absolute atomic E-state index is 0.0571. The predicted octanol–water partition coefficient (Wildman–Crippen LogP) is 0.993. The maximum absolute atomic E-state index is 12.4. The molecule has 1 atom stereocenters. The molecule has 2 fully saturated rings. The van der Waals surface area contributed by atoms with Gasteiger partial charge in [0.1, 0.15) is 6.04 Å². The van der Waals surface area contributed by atoms with Gasteiger partial charge in [0.15, 0.2) is 0 Å². The molecular weight excluding hydrogens is 238 g/mol. The Bertz CT molecular complexity index is 436. The summed E-state index contributed by atoms with van der Waals surface area (Å²) in [6.45, 7) is 3.63. The van der Waals surface area contributed by atoms with E-state index in [-0.39, 0.29) is 5.91 Å². The topological polar surface area (TPSA) is 49.6 Å². The Labute approximate surface area is 114 Å². The van der Waals surface area contributed by atoms with Gasteiger partial charge in [-0.1, -0.05) is 30.3 Å². The molecule has 4 nitrogen and oxygen atoms in total. The Morgan fingerprint density at radius 1 is 1.11 bits per heavy atom. The number of carbonyl (C=O) groups is 1. The van der Waals surface area contributed by atoms with Crippen LogP contribution in [0.5, 0.6) is 0 Å². The van der Waals surface area contributed by atoms with Gasteiger partial charge < -0.3 is 10.6 Å². The second kappa shape index (κ2) is 5.31. The molecule has 2 N–H and O–H groups in total. The summed E-state index contributed by atoms with van der Waals surface area (Å²) in [7, 11) is 0. The second-order valence-corrected chi connectivity index (χ2v) is 5.48. The molecule has 1 saturated carbocycles. The number of hydrogen-bond acceptors (Lipinski definition) is 3. The molecule has 1 heterocycles. The smallest absolute Gasteiger partial charge is 0.244 e. The van der Waals surface area contributed by atoms with E-state index in [1.54, 1.807) is 0 Å². The molecule has 0 bridgehead atoms. The van der Waals surface area contributed by atoms with Gasteiger partial charge in [0.2, 0.25) is 5.91 Å². The van der Waals surface area contributed by atoms with Crippen LogP contribution in [0.4, 0.5) is 0 Å². The van der Waals surface area contributed by atoms with E-state index >= 15 is 0 Å². The molecule has 1 unspecified atom stereocenters. The number of carbonyl (C=O) groups excluding carboxylic acids is 1. The zero-order chi connectivity index (χ0) is 13.2. The average Bonchev–Trinajstić information content (AvgIpc) is 3.31. The molecule has 1 saturated heterocycles. The minimum atomic E-state index is -0.520. The first-order valence-electron chi connectivity index (χ1n) is 7.09. The molecule has 3 rings (SSSR count). The van der Waals surface area contributed by atoms with E-state index in [1.165, 1.54) is 12.8 Å². The van der Waals surface area contributed by atoms with E-state index in [9.17, 15) is 4.79 Å². The van der Waals surface area contributed by atoms with Gasteiger partial charge in [-0.3, -0.25) is 9.69 Å². The maximum atomic E-state index is 12.4. The first kappa shape index (κ1) is 12.6. The molecule has 1 aromatic carbocycles. The highest BCUT2D eigenvalue weighted by Crippen LogP contribution is 2.27. The molecular formula is C15H21N3O. The van der Waals surface area contributed by atoms with Crippen LogP contribution in [0.25, 0.3) is 0 Å². The number of nitrogens with zero attached hydrogens (tertiary/aromatic N) is 2. The molecule has 2 aliphatic rings. The van der Waals surface area contributed by atoms with Gasteiger partial charge in [-0.05, 0) is 18.4 Å². The Hall–Kier alpha value is -1.39. The van der Waals surface area contributed by atoms with Crippen molar-refractivity contribution >= 4 is 5.91 Å². The third-order valence-corrected chi connectivity index (χ3v) is 4.11. The van der Waals surface area contributed by atoms with Crippen LogP contribution in [0.15, 0.2) is 30.3 Å². The van der Waals surface area contributed by atoms with Crippen LogP contribution < -0.4 is 5.73 Å². The van der Waals surface area contributed by atoms with E-state index < -0.39 is 6.04 Å². The lowest BCUT2D eigenvalue weighted by Crippen LogP contribution is -2.51. The fourth-order valence-corrected chi connectivity index (χ4v) is 2.75. The van der Waals surface area contributed by atoms with Crippen LogP contribution in [0, 0.1) is 0 Å². The van der Waals surface area contributed by atoms with Crippen molar-refractivity contribution in [2.75, 3.05) is 26.2 Å². The molecule has 4 heteroatoms. The fraction of sp³-hybridized carbons (Fsp3) is 0.533. The molecule has 0 aromatic heterocycles. The number of benzene rings is 1. The summed E-state index contributed by atoms with van der Waals surface area (Å²) in [5.41, 5.74) is 6.97. The van der Waals surface area contributed by atoms with E-state index in [0.29, 0.717) is 0 Å². The summed E-state index contributed by atoms with van der Waals surface area (Å²) in [6, 6.07) is 9.90. The van der Waals surface area contributed by atoms with Gasteiger partial charge in [0.25, 0.3) is 0 Å². The third-order valence-electron chi connectivity index (χ3n) is 4.11. The number of amides is 1. The van der Waals surface area contributed by atoms with Crippen molar-refractivity contribution in [3.8, 4) is 0 Å². The minimum Gasteiger partial charge on any atom is -0.338 e. The first-order valence-corrected chi connectivity index (χ1v) is 7.09. The monoisotopic (exact) mass is 259 g/mol. The van der Waals surface area contributed by atoms with Gasteiger partial charge >= 0.3 is 0 Å². The average molecular weight is 259 g/mol. The summed E-state index contributed by atoms with van der Waals surface area (Å²) >= 11 is 0. The van der Waals surface area contributed by atoms with E-state index in [0.717, 1.165) is 37.8 Å². The lowest BCUT2D eigenvalue weighted by atomic mass is 10.1. The van der Waals surface area contributed by atoms with Gasteiger partial charge in [0, 0.05) is 32.2 Å². The van der Waals surface area contributed by atoms with Gasteiger partial charge in [0.05, 0.1) is 0 Å². The standard InChI is InChI=1S/C15H21N3O/c16-14(12-4-2-1-3-5-12)15(19)18-10-8-17(9-11-18)13-6-7-13/h1-5,13-14H,6-11,16H2. The largest absolute Gasteiger partial charge is 0.338 e. The van der Waals surface area contributed by atoms with Gasteiger partial charge in [-0.25, -0.2) is 0 Å². The Morgan fingerprint density at radius 2 is 1.74 bits per heavy atom. The quantitative estimate of drug-likeness (QED) is 0.881. The van der Waals surface area contributed by atoms with Crippen molar-refractivity contribution < 1.29 is 4.79 Å². The summed E-state index contributed by atoms with van der Waals surface area (Å²) in [4.78, 5) is 16.8. The van der Waals surface area contributed by atoms with Crippen LogP contribution in [-0.2, 0) is 4.79 Å². The first-order chi connectivity index (χ1) is 9.25. The Kier molecular flexibility index (Phi) is 3.53. The summed E-state index contributed by atoms with van der Waals surface area (Å²) in [5.74, 6) is 0.0571. The lowest BCUT2D eigenvalue weighted by molar-refractivity contribution is -0.134. The number of hydrogen-bond donors (Lipinski definition) is 1. The Balaban J connectivity index is 1.58. The summed E-state index contributed by atoms with van der Waals surface area (Å²) in [5, 5.41) is 0. The summed E-state index contributed by atoms with van der Waals surface area (Å²) in [6.07, 6.45) is 2.66. The van der Waals surface area contributed by atoms with E-state index in [4.69, 9.17) is 5.73 Å². The van der Waals surface area contributed by atoms with Gasteiger partial charge in [-0.15, -0.1) is 0 Å². The molecule has 1 aromatic rings. The molecule has 1 aliphatic heterocycles. The van der Waals surface area contributed by atoms with Crippen LogP contribution in [-0.4, -0.2) is 47.9 Å². The number of piperazine rings is 1. The van der Waals surface area contributed by atoms with Crippen molar-refractivity contribution in [1.82, 2.24) is 9.80 Å². The van der Waals surface area contributed by atoms with E-state index in [2.05, 4.69) is 4.90 Å². The number of rotatable bonds is 3. The van der Waals surface area contributed by atoms with Crippen molar-refractivity contribution in [2.45, 2.75) is 24.9 Å². The summed E-state index contributed by atoms with van der Waals surface area (Å²) < 4.78 is 0. The fourth-order valence-electron chi connectivity index (χ4n) is 2.75. The van der Waals surface area contributed by atoms with Crippen molar-refractivity contribution in [2.24, 2.45) is 5.73 Å². The van der Waals surface area contributed by atoms with Crippen LogP contribution in [0.3, 0.4) is 0 Å². The number of nitrogens with two attached hydrogens (primary N) is 1. The zero-order valence-corrected chi connectivity index (χ0v) is 11.2. The lowest BCUT2D eigenvalue weighted by Gasteiger charge is -2.36. The van der Waals surface area contributed by atoms with Gasteiger partial charge in [-0.2, -0.15) is 0 Å². The second-order valence-electron chi connectivity index (χ2n) is 5.48. The molecule has 19 heavy (non-hydrogen) atoms. The van der Waals surface area contributed by atoms with Crippen LogP contribution in [0.2, 0.25) is 0 Å². The normalized spacial score (nSPS) is 22.3. The highest BCUT2D eigenvalue weighted by molar-refractivity contribution is 5.83. The molecule has 102 valence electrons. The molecule has 0 radical (unpaired) electrons. The van der Waals surface area contributed by atoms with Crippen molar-refractivity contribution in [3.05, 3.63) is 35.9 Å². The Morgan fingerprint density at radius 3 is 2.32 bits per heavy atom. The zero-order valence-electron chi connectivity index (χ0n) is 11.2.